The van der Waals surface area contributed by atoms with E-state index in [9.17, 15) is 19.5 Å². The number of hydrogen-bond acceptors (Lipinski definition) is 5. The van der Waals surface area contributed by atoms with Crippen LogP contribution in [0.4, 0.5) is 0 Å². The molecule has 2 unspecified atom stereocenters. The van der Waals surface area contributed by atoms with E-state index in [2.05, 4.69) is 19.2 Å². The first kappa shape index (κ1) is 43.4. The summed E-state index contributed by atoms with van der Waals surface area (Å²) >= 11 is 0. The Balaban J connectivity index is 4.28. The first-order valence-corrected chi connectivity index (χ1v) is 19.4. The molecule has 4 N–H and O–H groups in total. The minimum absolute atomic E-state index is 0.0211. The highest BCUT2D eigenvalue weighted by Gasteiger charge is 2.19. The maximum atomic E-state index is 12.7. The van der Waals surface area contributed by atoms with Crippen LogP contribution in [0.25, 0.3) is 0 Å². The third-order valence-corrected chi connectivity index (χ3v) is 8.92. The van der Waals surface area contributed by atoms with Gasteiger partial charge in [0.15, 0.2) is 0 Å². The molecule has 0 aliphatic heterocycles. The van der Waals surface area contributed by atoms with Crippen molar-refractivity contribution in [2.75, 3.05) is 6.54 Å². The van der Waals surface area contributed by atoms with Crippen LogP contribution < -0.4 is 11.1 Å². The van der Waals surface area contributed by atoms with Crippen molar-refractivity contribution in [3.05, 3.63) is 0 Å². The van der Waals surface area contributed by atoms with Gasteiger partial charge in [0.2, 0.25) is 5.91 Å². The first-order valence-electron chi connectivity index (χ1n) is 19.4. The normalized spacial score (nSPS) is 12.6. The Morgan fingerprint density at radius 3 is 1.38 bits per heavy atom. The third kappa shape index (κ3) is 30.8. The Morgan fingerprint density at radius 2 is 0.956 bits per heavy atom. The van der Waals surface area contributed by atoms with Gasteiger partial charge in [-0.1, -0.05) is 142 Å². The zero-order chi connectivity index (χ0) is 33.2. The van der Waals surface area contributed by atoms with E-state index < -0.39 is 12.0 Å². The van der Waals surface area contributed by atoms with Crippen LogP contribution in [0.1, 0.15) is 206 Å². The smallest absolute Gasteiger partial charge is 0.326 e. The molecular formula is C38H74N2O5. The molecule has 0 aliphatic rings. The number of nitrogens with two attached hydrogens (primary N) is 1. The molecule has 7 nitrogen and oxygen atoms in total. The lowest BCUT2D eigenvalue weighted by Crippen LogP contribution is -2.40. The molecule has 1 amide bonds. The van der Waals surface area contributed by atoms with Gasteiger partial charge in [-0.2, -0.15) is 0 Å². The molecule has 0 aliphatic carbocycles. The van der Waals surface area contributed by atoms with E-state index in [4.69, 9.17) is 10.5 Å². The number of aliphatic carboxylic acids is 1. The van der Waals surface area contributed by atoms with Crippen molar-refractivity contribution >= 4 is 17.8 Å². The molecule has 0 aromatic carbocycles. The number of amides is 1. The van der Waals surface area contributed by atoms with Crippen LogP contribution in [0.3, 0.4) is 0 Å². The molecule has 0 radical (unpaired) electrons. The van der Waals surface area contributed by atoms with Gasteiger partial charge in [-0.15, -0.1) is 0 Å². The molecule has 0 bridgehead atoms. The zero-order valence-corrected chi connectivity index (χ0v) is 29.7. The molecule has 0 spiro atoms. The molecule has 2 atom stereocenters. The van der Waals surface area contributed by atoms with Crippen LogP contribution in [0, 0.1) is 0 Å². The zero-order valence-electron chi connectivity index (χ0n) is 29.7. The number of hydrogen-bond donors (Lipinski definition) is 3. The lowest BCUT2D eigenvalue weighted by Gasteiger charge is -2.18. The number of carboxylic acids is 1. The molecule has 0 aromatic rings. The molecular weight excluding hydrogens is 564 g/mol. The van der Waals surface area contributed by atoms with Crippen LogP contribution in [0.5, 0.6) is 0 Å². The summed E-state index contributed by atoms with van der Waals surface area (Å²) in [6, 6.07) is -0.850. The maximum absolute atomic E-state index is 12.7. The van der Waals surface area contributed by atoms with Crippen molar-refractivity contribution in [3.63, 3.8) is 0 Å². The average Bonchev–Trinajstić information content (AvgIpc) is 3.02. The summed E-state index contributed by atoms with van der Waals surface area (Å²) in [4.78, 5) is 36.1. The van der Waals surface area contributed by atoms with Crippen molar-refractivity contribution in [3.8, 4) is 0 Å². The average molecular weight is 639 g/mol. The minimum Gasteiger partial charge on any atom is -0.480 e. The van der Waals surface area contributed by atoms with Gasteiger partial charge in [-0.25, -0.2) is 4.79 Å². The number of ether oxygens (including phenoxy) is 1. The van der Waals surface area contributed by atoms with Crippen LogP contribution in [-0.4, -0.2) is 41.6 Å². The van der Waals surface area contributed by atoms with Gasteiger partial charge in [-0.05, 0) is 57.9 Å². The Kier molecular flexibility index (Phi) is 32.5. The molecule has 266 valence electrons. The van der Waals surface area contributed by atoms with Crippen molar-refractivity contribution in [2.45, 2.75) is 219 Å². The summed E-state index contributed by atoms with van der Waals surface area (Å²) in [5.74, 6) is -1.22. The number of rotatable bonds is 35. The van der Waals surface area contributed by atoms with E-state index in [0.29, 0.717) is 32.2 Å². The Bertz CT molecular complexity index is 687. The number of esters is 1. The topological polar surface area (TPSA) is 119 Å². The number of unbranched alkanes of at least 4 members (excludes halogenated alkanes) is 21. The fraction of sp³-hybridized carbons (Fsp3) is 0.921. The molecule has 0 rings (SSSR count). The molecule has 0 saturated carbocycles. The number of carbonyl (C=O) groups excluding carboxylic acids is 2. The van der Waals surface area contributed by atoms with E-state index in [1.165, 1.54) is 103 Å². The third-order valence-electron chi connectivity index (χ3n) is 8.92. The van der Waals surface area contributed by atoms with E-state index in [0.717, 1.165) is 64.2 Å². The predicted octanol–water partition coefficient (Wildman–Crippen LogP) is 10.2. The van der Waals surface area contributed by atoms with Crippen molar-refractivity contribution < 1.29 is 24.2 Å². The van der Waals surface area contributed by atoms with E-state index in [-0.39, 0.29) is 18.0 Å². The largest absolute Gasteiger partial charge is 0.480 e. The maximum Gasteiger partial charge on any atom is 0.326 e. The Hall–Kier alpha value is -1.63. The van der Waals surface area contributed by atoms with Gasteiger partial charge in [0.05, 0.1) is 0 Å². The SMILES string of the molecule is CCCCCCCCCCCCC(CCCCCCCC(=O)NC(CCCN)C(=O)O)OC(=O)CCCCCCCCCCC. The quantitative estimate of drug-likeness (QED) is 0.0469. The second kappa shape index (κ2) is 33.7. The molecule has 0 heterocycles. The van der Waals surface area contributed by atoms with Crippen molar-refractivity contribution in [2.24, 2.45) is 5.73 Å². The second-order valence-corrected chi connectivity index (χ2v) is 13.4. The minimum atomic E-state index is -1.00. The Labute approximate surface area is 278 Å². The summed E-state index contributed by atoms with van der Waals surface area (Å²) in [6.07, 6.45) is 32.8. The highest BCUT2D eigenvalue weighted by Crippen LogP contribution is 2.19. The summed E-state index contributed by atoms with van der Waals surface area (Å²) in [5, 5.41) is 11.9. The summed E-state index contributed by atoms with van der Waals surface area (Å²) < 4.78 is 6.00. The van der Waals surface area contributed by atoms with Crippen molar-refractivity contribution in [1.29, 1.82) is 0 Å². The number of carboxylic acid groups (broad SMARTS) is 1. The fourth-order valence-electron chi connectivity index (χ4n) is 5.98. The number of nitrogens with one attached hydrogen (secondary N) is 1. The highest BCUT2D eigenvalue weighted by atomic mass is 16.5. The van der Waals surface area contributed by atoms with Crippen LogP contribution in [0.15, 0.2) is 0 Å². The van der Waals surface area contributed by atoms with Crippen LogP contribution >= 0.6 is 0 Å². The fourth-order valence-corrected chi connectivity index (χ4v) is 5.98. The lowest BCUT2D eigenvalue weighted by molar-refractivity contribution is -0.150. The summed E-state index contributed by atoms with van der Waals surface area (Å²) in [7, 11) is 0. The molecule has 0 fully saturated rings. The lowest BCUT2D eigenvalue weighted by atomic mass is 10.0. The molecule has 0 aromatic heterocycles. The van der Waals surface area contributed by atoms with Crippen LogP contribution in [-0.2, 0) is 19.1 Å². The standard InChI is InChI=1S/C38H74N2O5/c1-3-5-7-9-11-13-15-16-19-23-28-34(45-37(42)32-26-22-17-14-12-10-8-6-4-2)29-24-20-18-21-25-31-36(41)40-35(38(43)44)30-27-33-39/h34-35H,3-33,39H2,1-2H3,(H,40,41)(H,43,44). The van der Waals surface area contributed by atoms with Gasteiger partial charge in [0, 0.05) is 12.8 Å². The van der Waals surface area contributed by atoms with Gasteiger partial charge >= 0.3 is 11.9 Å². The predicted molar refractivity (Wildman–Crippen MR) is 188 cm³/mol. The van der Waals surface area contributed by atoms with Crippen LogP contribution in [0.2, 0.25) is 0 Å². The van der Waals surface area contributed by atoms with Gasteiger partial charge in [-0.3, -0.25) is 9.59 Å². The second-order valence-electron chi connectivity index (χ2n) is 13.4. The van der Waals surface area contributed by atoms with Gasteiger partial charge < -0.3 is 20.9 Å². The monoisotopic (exact) mass is 639 g/mol. The molecule has 0 saturated heterocycles. The van der Waals surface area contributed by atoms with E-state index in [1.807, 2.05) is 0 Å². The van der Waals surface area contributed by atoms with E-state index >= 15 is 0 Å². The summed E-state index contributed by atoms with van der Waals surface area (Å²) in [5.41, 5.74) is 5.47. The molecule has 7 heteroatoms. The summed E-state index contributed by atoms with van der Waals surface area (Å²) in [6.45, 7) is 4.93. The van der Waals surface area contributed by atoms with Gasteiger partial charge in [0.1, 0.15) is 12.1 Å². The first-order chi connectivity index (χ1) is 21.9. The van der Waals surface area contributed by atoms with E-state index in [1.54, 1.807) is 0 Å². The highest BCUT2D eigenvalue weighted by molar-refractivity contribution is 5.83. The number of carbonyl (C=O) groups is 3. The van der Waals surface area contributed by atoms with Gasteiger partial charge in [0.25, 0.3) is 0 Å². The Morgan fingerprint density at radius 1 is 0.556 bits per heavy atom. The molecule has 45 heavy (non-hydrogen) atoms. The van der Waals surface area contributed by atoms with Crippen molar-refractivity contribution in [1.82, 2.24) is 5.32 Å².